The van der Waals surface area contributed by atoms with Gasteiger partial charge in [-0.05, 0) is 26.2 Å². The van der Waals surface area contributed by atoms with Gasteiger partial charge >= 0.3 is 5.97 Å². The molecule has 0 aromatic rings. The van der Waals surface area contributed by atoms with Gasteiger partial charge in [-0.25, -0.2) is 0 Å². The summed E-state index contributed by atoms with van der Waals surface area (Å²) >= 11 is 0. The van der Waals surface area contributed by atoms with Crippen molar-refractivity contribution in [2.75, 3.05) is 13.2 Å². The van der Waals surface area contributed by atoms with Gasteiger partial charge in [0.2, 0.25) is 11.8 Å². The van der Waals surface area contributed by atoms with Gasteiger partial charge in [0.1, 0.15) is 17.6 Å². The second kappa shape index (κ2) is 8.09. The Hall–Kier alpha value is -1.89. The summed E-state index contributed by atoms with van der Waals surface area (Å²) in [7, 11) is 0. The highest BCUT2D eigenvalue weighted by molar-refractivity contribution is 5.99. The van der Waals surface area contributed by atoms with Crippen LogP contribution in [-0.2, 0) is 23.9 Å². The van der Waals surface area contributed by atoms with Gasteiger partial charge in [-0.3, -0.25) is 14.4 Å². The van der Waals surface area contributed by atoms with Crippen LogP contribution in [0.3, 0.4) is 0 Å². The fourth-order valence-electron chi connectivity index (χ4n) is 5.65. The average Bonchev–Trinajstić information content (AvgIpc) is 3.36. The van der Waals surface area contributed by atoms with Crippen molar-refractivity contribution in [3.05, 3.63) is 12.2 Å². The van der Waals surface area contributed by atoms with E-state index in [9.17, 15) is 14.4 Å². The summed E-state index contributed by atoms with van der Waals surface area (Å²) in [6, 6.07) is -0.697. The summed E-state index contributed by atoms with van der Waals surface area (Å²) in [6.07, 6.45) is 10.1. The molecule has 0 radical (unpaired) electrons. The van der Waals surface area contributed by atoms with Crippen molar-refractivity contribution in [2.45, 2.75) is 82.6 Å². The number of hydrogen-bond acceptors (Lipinski definition) is 5. The van der Waals surface area contributed by atoms with Gasteiger partial charge < -0.3 is 19.7 Å². The number of rotatable bonds is 7. The van der Waals surface area contributed by atoms with Crippen molar-refractivity contribution in [2.24, 2.45) is 11.8 Å². The zero-order valence-corrected chi connectivity index (χ0v) is 17.4. The molecule has 2 saturated heterocycles. The van der Waals surface area contributed by atoms with E-state index in [0.717, 1.165) is 44.9 Å². The lowest BCUT2D eigenvalue weighted by atomic mass is 9.74. The summed E-state index contributed by atoms with van der Waals surface area (Å²) in [4.78, 5) is 41.4. The second-order valence-corrected chi connectivity index (χ2v) is 8.64. The van der Waals surface area contributed by atoms with E-state index in [1.165, 1.54) is 0 Å². The van der Waals surface area contributed by atoms with Gasteiger partial charge in [0.25, 0.3) is 0 Å². The monoisotopic (exact) mass is 404 g/mol. The molecule has 3 heterocycles. The van der Waals surface area contributed by atoms with Crippen LogP contribution < -0.4 is 5.32 Å². The molecule has 3 aliphatic heterocycles. The number of likely N-dealkylation sites (tertiary alicyclic amines) is 1. The molecule has 1 saturated carbocycles. The number of fused-ring (bicyclic) bond motifs is 1. The van der Waals surface area contributed by atoms with Crippen LogP contribution in [0, 0.1) is 11.8 Å². The van der Waals surface area contributed by atoms with Crippen LogP contribution in [0.2, 0.25) is 0 Å². The van der Waals surface area contributed by atoms with Gasteiger partial charge in [-0.1, -0.05) is 44.8 Å². The molecule has 160 valence electrons. The Balaban J connectivity index is 1.68. The smallest absolute Gasteiger partial charge is 0.312 e. The highest BCUT2D eigenvalue weighted by Gasteiger charge is 2.73. The third-order valence-electron chi connectivity index (χ3n) is 6.92. The Morgan fingerprint density at radius 1 is 1.28 bits per heavy atom. The van der Waals surface area contributed by atoms with E-state index in [-0.39, 0.29) is 24.5 Å². The van der Waals surface area contributed by atoms with Crippen molar-refractivity contribution in [1.82, 2.24) is 10.2 Å². The molecule has 2 bridgehead atoms. The van der Waals surface area contributed by atoms with Gasteiger partial charge in [0.05, 0.1) is 18.6 Å². The van der Waals surface area contributed by atoms with Crippen molar-refractivity contribution < 1.29 is 23.9 Å². The lowest BCUT2D eigenvalue weighted by molar-refractivity contribution is -0.154. The number of nitrogens with one attached hydrogen (secondary N) is 1. The third-order valence-corrected chi connectivity index (χ3v) is 6.92. The molecule has 4 rings (SSSR count). The highest BCUT2D eigenvalue weighted by Crippen LogP contribution is 2.56. The largest absolute Gasteiger partial charge is 0.466 e. The summed E-state index contributed by atoms with van der Waals surface area (Å²) in [5, 5.41) is 3.01. The molecule has 0 aromatic heterocycles. The minimum atomic E-state index is -1.06. The molecular weight excluding hydrogens is 372 g/mol. The lowest BCUT2D eigenvalue weighted by Crippen LogP contribution is -2.57. The molecule has 5 atom stereocenters. The number of nitrogens with zero attached hydrogens (tertiary/aromatic N) is 1. The molecule has 4 aliphatic rings. The molecule has 3 fully saturated rings. The number of hydrogen-bond donors (Lipinski definition) is 1. The summed E-state index contributed by atoms with van der Waals surface area (Å²) < 4.78 is 11.5. The molecule has 7 nitrogen and oxygen atoms in total. The Morgan fingerprint density at radius 2 is 2.03 bits per heavy atom. The molecule has 29 heavy (non-hydrogen) atoms. The Bertz CT molecular complexity index is 701. The van der Waals surface area contributed by atoms with E-state index in [1.54, 1.807) is 11.8 Å². The summed E-state index contributed by atoms with van der Waals surface area (Å²) in [5.74, 6) is -2.06. The van der Waals surface area contributed by atoms with Crippen LogP contribution in [0.25, 0.3) is 0 Å². The minimum Gasteiger partial charge on any atom is -0.466 e. The van der Waals surface area contributed by atoms with Gasteiger partial charge in [-0.2, -0.15) is 0 Å². The third kappa shape index (κ3) is 3.18. The number of esters is 1. The van der Waals surface area contributed by atoms with E-state index in [4.69, 9.17) is 9.47 Å². The van der Waals surface area contributed by atoms with E-state index in [0.29, 0.717) is 6.54 Å². The summed E-state index contributed by atoms with van der Waals surface area (Å²) in [5.41, 5.74) is -1.06. The van der Waals surface area contributed by atoms with Crippen LogP contribution in [0.15, 0.2) is 12.2 Å². The average molecular weight is 405 g/mol. The van der Waals surface area contributed by atoms with Crippen molar-refractivity contribution >= 4 is 17.8 Å². The maximum Gasteiger partial charge on any atom is 0.312 e. The van der Waals surface area contributed by atoms with Crippen molar-refractivity contribution in [3.8, 4) is 0 Å². The first-order valence-electron chi connectivity index (χ1n) is 11.2. The zero-order chi connectivity index (χ0) is 20.6. The topological polar surface area (TPSA) is 84.9 Å². The predicted molar refractivity (Wildman–Crippen MR) is 106 cm³/mol. The van der Waals surface area contributed by atoms with Crippen molar-refractivity contribution in [3.63, 3.8) is 0 Å². The maximum atomic E-state index is 13.7. The molecule has 1 N–H and O–H groups in total. The molecule has 0 aromatic carbocycles. The fourth-order valence-corrected chi connectivity index (χ4v) is 5.65. The van der Waals surface area contributed by atoms with E-state index in [2.05, 4.69) is 12.2 Å². The Labute approximate surface area is 172 Å². The molecule has 0 unspecified atom stereocenters. The van der Waals surface area contributed by atoms with Crippen LogP contribution in [-0.4, -0.2) is 59.6 Å². The molecule has 1 spiro atoms. The Kier molecular flexibility index (Phi) is 5.69. The second-order valence-electron chi connectivity index (χ2n) is 8.64. The van der Waals surface area contributed by atoms with Crippen LogP contribution in [0.4, 0.5) is 0 Å². The number of unbranched alkanes of at least 4 members (excludes halogenated alkanes) is 1. The van der Waals surface area contributed by atoms with E-state index < -0.39 is 35.6 Å². The van der Waals surface area contributed by atoms with E-state index >= 15 is 0 Å². The first kappa shape index (κ1) is 20.4. The first-order valence-corrected chi connectivity index (χ1v) is 11.2. The standard InChI is InChI=1S/C22H32N2O5/c1-3-5-13-23-19(25)18-22-12-11-15(29-22)16(21(27)28-4-2)17(22)20(26)24(18)14-9-7-6-8-10-14/h11-12,14-18H,3-10,13H2,1-2H3,(H,23,25)/t15-,16+,17+,18-,22+/m0/s1. The normalized spacial score (nSPS) is 35.8. The van der Waals surface area contributed by atoms with Crippen molar-refractivity contribution in [1.29, 1.82) is 0 Å². The maximum absolute atomic E-state index is 13.7. The number of carbonyl (C=O) groups is 3. The summed E-state index contributed by atoms with van der Waals surface area (Å²) in [6.45, 7) is 4.66. The molecular formula is C22H32N2O5. The van der Waals surface area contributed by atoms with Gasteiger partial charge in [-0.15, -0.1) is 0 Å². The molecule has 2 amide bonds. The SMILES string of the molecule is CCCCNC(=O)[C@@H]1N(C2CCCCC2)C(=O)[C@H]2[C@H](C(=O)OCC)[C@@H]3C=C[C@]12O3. The minimum absolute atomic E-state index is 0.0250. The zero-order valence-electron chi connectivity index (χ0n) is 17.4. The van der Waals surface area contributed by atoms with Crippen LogP contribution >= 0.6 is 0 Å². The molecule has 7 heteroatoms. The van der Waals surface area contributed by atoms with Crippen LogP contribution in [0.1, 0.15) is 58.8 Å². The fraction of sp³-hybridized carbons (Fsp3) is 0.773. The Morgan fingerprint density at radius 3 is 2.72 bits per heavy atom. The van der Waals surface area contributed by atoms with Crippen LogP contribution in [0.5, 0.6) is 0 Å². The molecule has 1 aliphatic carbocycles. The van der Waals surface area contributed by atoms with E-state index in [1.807, 2.05) is 12.2 Å². The predicted octanol–water partition coefficient (Wildman–Crippen LogP) is 1.95. The number of ether oxygens (including phenoxy) is 2. The van der Waals surface area contributed by atoms with Gasteiger partial charge in [0, 0.05) is 12.6 Å². The lowest BCUT2D eigenvalue weighted by Gasteiger charge is -2.38. The highest BCUT2D eigenvalue weighted by atomic mass is 16.6. The first-order chi connectivity index (χ1) is 14.0. The number of carbonyl (C=O) groups excluding carboxylic acids is 3. The van der Waals surface area contributed by atoms with Gasteiger partial charge in [0.15, 0.2) is 0 Å². The quantitative estimate of drug-likeness (QED) is 0.398. The number of amides is 2.